The number of carbonyl (C=O) groups excluding carboxylic acids is 1. The molecule has 0 N–H and O–H groups in total. The molecule has 0 heterocycles. The van der Waals surface area contributed by atoms with Gasteiger partial charge in [0.15, 0.2) is 0 Å². The lowest BCUT2D eigenvalue weighted by Gasteiger charge is -2.17. The van der Waals surface area contributed by atoms with Crippen LogP contribution in [0.25, 0.3) is 0 Å². The summed E-state index contributed by atoms with van der Waals surface area (Å²) in [6, 6.07) is 0. The Kier molecular flexibility index (Phi) is 4.84. The molecule has 0 saturated heterocycles. The average Bonchev–Trinajstić information content (AvgIpc) is 1.85. The fraction of sp³-hybridized carbons (Fsp3) is 0.900. The molecule has 2 nitrogen and oxygen atoms in total. The lowest BCUT2D eigenvalue weighted by molar-refractivity contribution is 0.422. The summed E-state index contributed by atoms with van der Waals surface area (Å²) >= 11 is 0. The van der Waals surface area contributed by atoms with Crippen molar-refractivity contribution >= 4 is 6.08 Å². The highest BCUT2D eigenvalue weighted by Crippen LogP contribution is 2.18. The molecule has 0 aromatic heterocycles. The van der Waals surface area contributed by atoms with E-state index in [4.69, 9.17) is 0 Å². The summed E-state index contributed by atoms with van der Waals surface area (Å²) in [5.74, 6) is 0.737. The van der Waals surface area contributed by atoms with E-state index in [1.54, 1.807) is 6.08 Å². The topological polar surface area (TPSA) is 29.4 Å². The van der Waals surface area contributed by atoms with Gasteiger partial charge in [0.25, 0.3) is 0 Å². The number of hydrogen-bond acceptors (Lipinski definition) is 2. The van der Waals surface area contributed by atoms with Gasteiger partial charge in [0.2, 0.25) is 6.08 Å². The Hall–Kier alpha value is -0.620. The van der Waals surface area contributed by atoms with Crippen LogP contribution < -0.4 is 0 Å². The first kappa shape index (κ1) is 11.4. The van der Waals surface area contributed by atoms with Gasteiger partial charge >= 0.3 is 0 Å². The van der Waals surface area contributed by atoms with Gasteiger partial charge in [0, 0.05) is 0 Å². The fourth-order valence-corrected chi connectivity index (χ4v) is 1.12. The van der Waals surface area contributed by atoms with Crippen LogP contribution in [0.1, 0.15) is 47.0 Å². The van der Waals surface area contributed by atoms with Gasteiger partial charge in [-0.3, -0.25) is 0 Å². The second kappa shape index (κ2) is 5.10. The van der Waals surface area contributed by atoms with E-state index in [-0.39, 0.29) is 5.54 Å². The van der Waals surface area contributed by atoms with Gasteiger partial charge < -0.3 is 0 Å². The zero-order valence-electron chi connectivity index (χ0n) is 8.55. The molecular formula is C10H19NO. The maximum Gasteiger partial charge on any atom is 0.235 e. The second-order valence-electron chi connectivity index (χ2n) is 4.30. The molecule has 0 aromatic rings. The molecule has 0 aliphatic heterocycles. The molecule has 70 valence electrons. The van der Waals surface area contributed by atoms with E-state index in [1.807, 2.05) is 13.8 Å². The minimum Gasteiger partial charge on any atom is -0.211 e. The van der Waals surface area contributed by atoms with Crippen molar-refractivity contribution in [2.45, 2.75) is 52.5 Å². The average molecular weight is 169 g/mol. The van der Waals surface area contributed by atoms with E-state index < -0.39 is 0 Å². The Morgan fingerprint density at radius 1 is 1.42 bits per heavy atom. The first-order valence-corrected chi connectivity index (χ1v) is 4.57. The quantitative estimate of drug-likeness (QED) is 0.459. The molecule has 0 atom stereocenters. The highest BCUT2D eigenvalue weighted by atomic mass is 16.1. The van der Waals surface area contributed by atoms with Crippen LogP contribution in [0.2, 0.25) is 0 Å². The summed E-state index contributed by atoms with van der Waals surface area (Å²) in [6.07, 6.45) is 4.93. The molecular weight excluding hydrogens is 150 g/mol. The zero-order valence-corrected chi connectivity index (χ0v) is 8.55. The van der Waals surface area contributed by atoms with Crippen LogP contribution in [-0.2, 0) is 4.79 Å². The maximum absolute atomic E-state index is 10.0. The lowest BCUT2D eigenvalue weighted by atomic mass is 9.95. The van der Waals surface area contributed by atoms with Crippen LogP contribution in [0.5, 0.6) is 0 Å². The molecule has 12 heavy (non-hydrogen) atoms. The van der Waals surface area contributed by atoms with Crippen molar-refractivity contribution in [1.82, 2.24) is 0 Å². The number of isocyanates is 1. The van der Waals surface area contributed by atoms with Crippen LogP contribution in [0.3, 0.4) is 0 Å². The predicted molar refractivity (Wildman–Crippen MR) is 50.9 cm³/mol. The van der Waals surface area contributed by atoms with E-state index in [9.17, 15) is 4.79 Å². The summed E-state index contributed by atoms with van der Waals surface area (Å²) in [4.78, 5) is 13.8. The van der Waals surface area contributed by atoms with E-state index in [2.05, 4.69) is 18.8 Å². The Balaban J connectivity index is 3.68. The van der Waals surface area contributed by atoms with Gasteiger partial charge in [0.1, 0.15) is 0 Å². The molecule has 2 heteroatoms. The smallest absolute Gasteiger partial charge is 0.211 e. The lowest BCUT2D eigenvalue weighted by Crippen LogP contribution is -2.16. The van der Waals surface area contributed by atoms with Gasteiger partial charge in [-0.05, 0) is 26.2 Å². The number of nitrogens with zero attached hydrogens (tertiary/aromatic N) is 1. The summed E-state index contributed by atoms with van der Waals surface area (Å²) in [6.45, 7) is 8.35. The van der Waals surface area contributed by atoms with Crippen LogP contribution in [0, 0.1) is 5.92 Å². The van der Waals surface area contributed by atoms with Gasteiger partial charge in [-0.1, -0.05) is 26.7 Å². The first-order valence-electron chi connectivity index (χ1n) is 4.57. The van der Waals surface area contributed by atoms with Crippen LogP contribution in [0.4, 0.5) is 0 Å². The third kappa shape index (κ3) is 6.11. The summed E-state index contributed by atoms with van der Waals surface area (Å²) in [5.41, 5.74) is -0.212. The summed E-state index contributed by atoms with van der Waals surface area (Å²) in [7, 11) is 0. The Bertz CT molecular complexity index is 167. The fourth-order valence-electron chi connectivity index (χ4n) is 1.12. The molecule has 0 amide bonds. The van der Waals surface area contributed by atoms with Crippen LogP contribution in [0.15, 0.2) is 4.99 Å². The Morgan fingerprint density at radius 3 is 2.42 bits per heavy atom. The summed E-state index contributed by atoms with van der Waals surface area (Å²) < 4.78 is 0. The maximum atomic E-state index is 10.0. The van der Waals surface area contributed by atoms with Crippen molar-refractivity contribution in [2.75, 3.05) is 0 Å². The molecule has 0 saturated carbocycles. The number of rotatable bonds is 5. The van der Waals surface area contributed by atoms with Crippen molar-refractivity contribution in [2.24, 2.45) is 10.9 Å². The third-order valence-electron chi connectivity index (χ3n) is 1.92. The van der Waals surface area contributed by atoms with Gasteiger partial charge in [-0.2, -0.15) is 4.99 Å². The molecule has 0 aromatic carbocycles. The minimum atomic E-state index is -0.212. The minimum absolute atomic E-state index is 0.212. The molecule has 0 bridgehead atoms. The van der Waals surface area contributed by atoms with Crippen molar-refractivity contribution in [3.63, 3.8) is 0 Å². The molecule has 0 fully saturated rings. The van der Waals surface area contributed by atoms with Gasteiger partial charge in [0.05, 0.1) is 5.54 Å². The standard InChI is InChI=1S/C10H19NO/c1-9(2)6-5-7-10(3,4)11-8-12/h9H,5-7H2,1-4H3. The normalized spacial score (nSPS) is 11.4. The van der Waals surface area contributed by atoms with E-state index in [0.29, 0.717) is 0 Å². The monoisotopic (exact) mass is 169 g/mol. The molecule has 0 spiro atoms. The summed E-state index contributed by atoms with van der Waals surface area (Å²) in [5, 5.41) is 0. The van der Waals surface area contributed by atoms with Crippen molar-refractivity contribution < 1.29 is 4.79 Å². The van der Waals surface area contributed by atoms with Crippen LogP contribution in [-0.4, -0.2) is 11.6 Å². The molecule has 0 aliphatic rings. The van der Waals surface area contributed by atoms with Gasteiger partial charge in [-0.15, -0.1) is 0 Å². The number of aliphatic imine (C=N–C) groups is 1. The van der Waals surface area contributed by atoms with Crippen molar-refractivity contribution in [3.8, 4) is 0 Å². The highest BCUT2D eigenvalue weighted by Gasteiger charge is 2.15. The SMILES string of the molecule is CC(C)CCCC(C)(C)N=C=O. The first-order chi connectivity index (χ1) is 5.48. The second-order valence-corrected chi connectivity index (χ2v) is 4.30. The molecule has 0 rings (SSSR count). The van der Waals surface area contributed by atoms with E-state index in [0.717, 1.165) is 18.8 Å². The largest absolute Gasteiger partial charge is 0.235 e. The van der Waals surface area contributed by atoms with Crippen LogP contribution >= 0.6 is 0 Å². The van der Waals surface area contributed by atoms with Crippen molar-refractivity contribution in [1.29, 1.82) is 0 Å². The highest BCUT2D eigenvalue weighted by molar-refractivity contribution is 5.34. The van der Waals surface area contributed by atoms with E-state index >= 15 is 0 Å². The van der Waals surface area contributed by atoms with Crippen molar-refractivity contribution in [3.05, 3.63) is 0 Å². The third-order valence-corrected chi connectivity index (χ3v) is 1.92. The molecule has 0 radical (unpaired) electrons. The number of hydrogen-bond donors (Lipinski definition) is 0. The Labute approximate surface area is 75.1 Å². The van der Waals surface area contributed by atoms with Gasteiger partial charge in [-0.25, -0.2) is 4.79 Å². The van der Waals surface area contributed by atoms with E-state index in [1.165, 1.54) is 6.42 Å². The Morgan fingerprint density at radius 2 is 2.00 bits per heavy atom. The molecule has 0 aliphatic carbocycles. The molecule has 0 unspecified atom stereocenters. The predicted octanol–water partition coefficient (Wildman–Crippen LogP) is 2.93. The zero-order chi connectivity index (χ0) is 9.61.